The summed E-state index contributed by atoms with van der Waals surface area (Å²) in [6.45, 7) is 7.23. The number of nitrogens with one attached hydrogen (secondary N) is 2. The topological polar surface area (TPSA) is 45.7 Å². The van der Waals surface area contributed by atoms with Crippen molar-refractivity contribution in [3.63, 3.8) is 0 Å². The lowest BCUT2D eigenvalue weighted by atomic mass is 10.1. The largest absolute Gasteiger partial charge is 0.380 e. The van der Waals surface area contributed by atoms with Crippen LogP contribution in [0.4, 0.5) is 0 Å². The lowest BCUT2D eigenvalue weighted by Crippen LogP contribution is -2.36. The fourth-order valence-corrected chi connectivity index (χ4v) is 3.20. The highest BCUT2D eigenvalue weighted by Gasteiger charge is 2.02. The summed E-state index contributed by atoms with van der Waals surface area (Å²) in [6, 6.07) is 12.8. The van der Waals surface area contributed by atoms with Crippen molar-refractivity contribution >= 4 is 17.3 Å². The van der Waals surface area contributed by atoms with Crippen LogP contribution in [-0.4, -0.2) is 19.6 Å². The number of hydrogen-bond acceptors (Lipinski definition) is 3. The molecule has 2 aromatic rings. The number of ether oxygens (including phenoxy) is 1. The third-order valence-electron chi connectivity index (χ3n) is 3.59. The van der Waals surface area contributed by atoms with Gasteiger partial charge in [0.2, 0.25) is 0 Å². The van der Waals surface area contributed by atoms with Crippen molar-refractivity contribution in [2.75, 3.05) is 13.7 Å². The second-order valence-corrected chi connectivity index (χ2v) is 6.77. The van der Waals surface area contributed by atoms with Gasteiger partial charge >= 0.3 is 0 Å². The Morgan fingerprint density at radius 3 is 2.33 bits per heavy atom. The molecule has 0 bridgehead atoms. The van der Waals surface area contributed by atoms with Crippen LogP contribution < -0.4 is 10.6 Å². The number of aliphatic imine (C=N–C) groups is 1. The average Bonchev–Trinajstić information content (AvgIpc) is 3.07. The minimum Gasteiger partial charge on any atom is -0.380 e. The van der Waals surface area contributed by atoms with Gasteiger partial charge in [0.05, 0.1) is 19.7 Å². The lowest BCUT2D eigenvalue weighted by Gasteiger charge is -2.10. The highest BCUT2D eigenvalue weighted by molar-refractivity contribution is 7.11. The quantitative estimate of drug-likeness (QED) is 0.566. The van der Waals surface area contributed by atoms with Gasteiger partial charge in [-0.2, -0.15) is 0 Å². The number of rotatable bonds is 8. The summed E-state index contributed by atoms with van der Waals surface area (Å²) in [7, 11) is 1.71. The van der Waals surface area contributed by atoms with E-state index >= 15 is 0 Å². The summed E-state index contributed by atoms with van der Waals surface area (Å²) in [5.74, 6) is 0.852. The second-order valence-electron chi connectivity index (χ2n) is 5.52. The zero-order valence-corrected chi connectivity index (χ0v) is 15.6. The average molecular weight is 346 g/mol. The minimum absolute atomic E-state index is 0.647. The maximum absolute atomic E-state index is 5.14. The van der Waals surface area contributed by atoms with E-state index < -0.39 is 0 Å². The van der Waals surface area contributed by atoms with E-state index in [1.807, 2.05) is 11.3 Å². The number of benzene rings is 1. The molecule has 0 unspecified atom stereocenters. The standard InChI is InChI=1S/C19H27N3OS/c1-4-17-10-11-18(24-17)13-22-19(20-5-2)21-12-15-6-8-16(9-7-15)14-23-3/h6-11H,4-5,12-14H2,1-3H3,(H2,20,21,22). The first-order valence-electron chi connectivity index (χ1n) is 8.41. The molecule has 0 atom stereocenters. The Labute approximate surface area is 149 Å². The van der Waals surface area contributed by atoms with Crippen LogP contribution >= 0.6 is 11.3 Å². The van der Waals surface area contributed by atoms with E-state index in [4.69, 9.17) is 4.74 Å². The van der Waals surface area contributed by atoms with Crippen LogP contribution in [-0.2, 0) is 30.9 Å². The third-order valence-corrected chi connectivity index (χ3v) is 4.82. The predicted molar refractivity (Wildman–Crippen MR) is 103 cm³/mol. The van der Waals surface area contributed by atoms with Gasteiger partial charge in [-0.15, -0.1) is 11.3 Å². The van der Waals surface area contributed by atoms with Gasteiger partial charge in [-0.1, -0.05) is 31.2 Å². The molecule has 130 valence electrons. The van der Waals surface area contributed by atoms with Crippen molar-refractivity contribution in [3.05, 3.63) is 57.3 Å². The van der Waals surface area contributed by atoms with Crippen LogP contribution in [0.1, 0.15) is 34.7 Å². The fraction of sp³-hybridized carbons (Fsp3) is 0.421. The summed E-state index contributed by atoms with van der Waals surface area (Å²) in [6.07, 6.45) is 1.10. The van der Waals surface area contributed by atoms with Gasteiger partial charge in [0.15, 0.2) is 5.96 Å². The Kier molecular flexibility index (Phi) is 7.79. The Balaban J connectivity index is 1.91. The van der Waals surface area contributed by atoms with E-state index in [2.05, 4.69) is 65.9 Å². The van der Waals surface area contributed by atoms with Crippen LogP contribution in [0.5, 0.6) is 0 Å². The molecule has 0 saturated heterocycles. The van der Waals surface area contributed by atoms with Crippen molar-refractivity contribution in [1.82, 2.24) is 10.6 Å². The van der Waals surface area contributed by atoms with Gasteiger partial charge in [-0.05, 0) is 36.6 Å². The molecule has 4 nitrogen and oxygen atoms in total. The first-order chi connectivity index (χ1) is 11.7. The van der Waals surface area contributed by atoms with E-state index in [0.717, 1.165) is 25.5 Å². The van der Waals surface area contributed by atoms with E-state index in [9.17, 15) is 0 Å². The summed E-state index contributed by atoms with van der Waals surface area (Å²) in [5.41, 5.74) is 2.37. The monoisotopic (exact) mass is 345 g/mol. The Hall–Kier alpha value is -1.85. The Morgan fingerprint density at radius 1 is 1.00 bits per heavy atom. The van der Waals surface area contributed by atoms with Gasteiger partial charge in [-0.3, -0.25) is 0 Å². The van der Waals surface area contributed by atoms with Crippen LogP contribution in [0, 0.1) is 0 Å². The smallest absolute Gasteiger partial charge is 0.191 e. The van der Waals surface area contributed by atoms with E-state index in [1.165, 1.54) is 20.9 Å². The zero-order valence-electron chi connectivity index (χ0n) is 14.8. The molecule has 0 fully saturated rings. The molecule has 1 aromatic heterocycles. The van der Waals surface area contributed by atoms with Crippen molar-refractivity contribution in [1.29, 1.82) is 0 Å². The minimum atomic E-state index is 0.647. The second kappa shape index (κ2) is 10.1. The lowest BCUT2D eigenvalue weighted by molar-refractivity contribution is 0.185. The number of thiophene rings is 1. The van der Waals surface area contributed by atoms with Crippen molar-refractivity contribution in [3.8, 4) is 0 Å². The molecule has 2 rings (SSSR count). The molecule has 1 aromatic carbocycles. The van der Waals surface area contributed by atoms with Crippen LogP contribution in [0.25, 0.3) is 0 Å². The molecule has 1 heterocycles. The Morgan fingerprint density at radius 2 is 1.71 bits per heavy atom. The molecular weight excluding hydrogens is 318 g/mol. The number of aryl methyl sites for hydroxylation is 1. The number of methoxy groups -OCH3 is 1. The molecule has 2 N–H and O–H groups in total. The van der Waals surface area contributed by atoms with E-state index in [-0.39, 0.29) is 0 Å². The Bertz CT molecular complexity index is 634. The summed E-state index contributed by atoms with van der Waals surface area (Å²) < 4.78 is 5.14. The zero-order chi connectivity index (χ0) is 17.2. The van der Waals surface area contributed by atoms with Gasteiger partial charge in [0, 0.05) is 23.4 Å². The molecule has 0 aliphatic heterocycles. The number of hydrogen-bond donors (Lipinski definition) is 2. The van der Waals surface area contributed by atoms with Gasteiger partial charge < -0.3 is 15.4 Å². The number of guanidine groups is 1. The molecule has 0 radical (unpaired) electrons. The third kappa shape index (κ3) is 5.98. The fourth-order valence-electron chi connectivity index (χ4n) is 2.30. The molecule has 0 aliphatic rings. The highest BCUT2D eigenvalue weighted by Crippen LogP contribution is 2.16. The van der Waals surface area contributed by atoms with Gasteiger partial charge in [0.1, 0.15) is 0 Å². The molecular formula is C19H27N3OS. The predicted octanol–water partition coefficient (Wildman–Crippen LogP) is 3.71. The van der Waals surface area contributed by atoms with Crippen LogP contribution in [0.15, 0.2) is 41.4 Å². The maximum atomic E-state index is 5.14. The molecule has 24 heavy (non-hydrogen) atoms. The first-order valence-corrected chi connectivity index (χ1v) is 9.23. The van der Waals surface area contributed by atoms with Crippen LogP contribution in [0.2, 0.25) is 0 Å². The SMILES string of the molecule is CCNC(=NCc1ccc(COC)cc1)NCc1ccc(CC)s1. The highest BCUT2D eigenvalue weighted by atomic mass is 32.1. The summed E-state index contributed by atoms with van der Waals surface area (Å²) >= 11 is 1.86. The summed E-state index contributed by atoms with van der Waals surface area (Å²) in [5, 5.41) is 6.70. The number of nitrogens with zero attached hydrogens (tertiary/aromatic N) is 1. The van der Waals surface area contributed by atoms with Crippen molar-refractivity contribution in [2.24, 2.45) is 4.99 Å². The van der Waals surface area contributed by atoms with Crippen molar-refractivity contribution < 1.29 is 4.74 Å². The molecule has 0 aliphatic carbocycles. The van der Waals surface area contributed by atoms with Gasteiger partial charge in [0.25, 0.3) is 0 Å². The van der Waals surface area contributed by atoms with Crippen molar-refractivity contribution in [2.45, 2.75) is 40.0 Å². The first kappa shape index (κ1) is 18.5. The molecule has 0 saturated carbocycles. The van der Waals surface area contributed by atoms with E-state index in [1.54, 1.807) is 7.11 Å². The molecule has 5 heteroatoms. The molecule has 0 spiro atoms. The summed E-state index contributed by atoms with van der Waals surface area (Å²) in [4.78, 5) is 7.42. The normalized spacial score (nSPS) is 11.5. The maximum Gasteiger partial charge on any atom is 0.191 e. The van der Waals surface area contributed by atoms with Gasteiger partial charge in [-0.25, -0.2) is 4.99 Å². The van der Waals surface area contributed by atoms with Crippen LogP contribution in [0.3, 0.4) is 0 Å². The van der Waals surface area contributed by atoms with E-state index in [0.29, 0.717) is 13.2 Å². The molecule has 0 amide bonds.